The van der Waals surface area contributed by atoms with Crippen molar-refractivity contribution in [1.82, 2.24) is 19.8 Å². The summed E-state index contributed by atoms with van der Waals surface area (Å²) in [7, 11) is 0. The number of nitrogens with zero attached hydrogens (tertiary/aromatic N) is 4. The van der Waals surface area contributed by atoms with Gasteiger partial charge in [0.2, 0.25) is 5.82 Å². The zero-order valence-corrected chi connectivity index (χ0v) is 11.3. The molecule has 0 bridgehead atoms. The lowest BCUT2D eigenvalue weighted by Gasteiger charge is -2.14. The van der Waals surface area contributed by atoms with Gasteiger partial charge in [-0.1, -0.05) is 19.8 Å². The van der Waals surface area contributed by atoms with E-state index < -0.39 is 24.3 Å². The number of hydrogen-bond donors (Lipinski definition) is 2. The van der Waals surface area contributed by atoms with Crippen molar-refractivity contribution in [3.63, 3.8) is 0 Å². The number of alkyl halides is 2. The van der Waals surface area contributed by atoms with E-state index in [1.807, 2.05) is 6.92 Å². The maximum Gasteiger partial charge on any atom is 0.326 e. The van der Waals surface area contributed by atoms with Gasteiger partial charge >= 0.3 is 5.97 Å². The maximum atomic E-state index is 12.7. The third-order valence-corrected chi connectivity index (χ3v) is 2.95. The number of rotatable bonds is 7. The molecule has 2 N–H and O–H groups in total. The molecule has 2 heterocycles. The van der Waals surface area contributed by atoms with Crippen molar-refractivity contribution in [2.24, 2.45) is 0 Å². The second-order valence-corrected chi connectivity index (χ2v) is 4.52. The number of carboxylic acid groups (broad SMARTS) is 1. The first-order valence-corrected chi connectivity index (χ1v) is 6.52. The summed E-state index contributed by atoms with van der Waals surface area (Å²) in [5, 5.41) is 22.7. The Bertz CT molecular complexity index is 631. The molecule has 7 nitrogen and oxygen atoms in total. The minimum atomic E-state index is -2.81. The van der Waals surface area contributed by atoms with E-state index in [1.54, 1.807) is 0 Å². The lowest BCUT2D eigenvalue weighted by molar-refractivity contribution is -0.138. The number of unbranched alkanes of at least 4 members (excludes halogenated alkanes) is 1. The van der Waals surface area contributed by atoms with Crippen molar-refractivity contribution in [3.05, 3.63) is 18.0 Å². The number of fused-ring (bicyclic) bond motifs is 1. The Morgan fingerprint density at radius 3 is 2.81 bits per heavy atom. The molecule has 114 valence electrons. The van der Waals surface area contributed by atoms with Crippen LogP contribution in [0, 0.1) is 0 Å². The Labute approximate surface area is 119 Å². The third-order valence-electron chi connectivity index (χ3n) is 2.95. The minimum Gasteiger partial charge on any atom is -0.480 e. The number of carbonyl (C=O) groups is 1. The van der Waals surface area contributed by atoms with E-state index in [9.17, 15) is 13.6 Å². The maximum absolute atomic E-state index is 12.7. The van der Waals surface area contributed by atoms with E-state index in [0.29, 0.717) is 6.42 Å². The van der Waals surface area contributed by atoms with Crippen LogP contribution in [0.25, 0.3) is 5.65 Å². The summed E-state index contributed by atoms with van der Waals surface area (Å²) in [5.41, 5.74) is 0.177. The van der Waals surface area contributed by atoms with Crippen molar-refractivity contribution in [3.8, 4) is 0 Å². The largest absolute Gasteiger partial charge is 0.480 e. The van der Waals surface area contributed by atoms with E-state index in [4.69, 9.17) is 5.11 Å². The lowest BCUT2D eigenvalue weighted by atomic mass is 10.1. The molecule has 0 radical (unpaired) electrons. The van der Waals surface area contributed by atoms with Crippen molar-refractivity contribution in [2.45, 2.75) is 38.7 Å². The second kappa shape index (κ2) is 6.42. The highest BCUT2D eigenvalue weighted by Gasteiger charge is 2.20. The highest BCUT2D eigenvalue weighted by Crippen LogP contribution is 2.18. The third kappa shape index (κ3) is 3.41. The summed E-state index contributed by atoms with van der Waals surface area (Å²) >= 11 is 0. The predicted molar refractivity (Wildman–Crippen MR) is 70.3 cm³/mol. The normalized spacial score (nSPS) is 12.8. The first kappa shape index (κ1) is 15.1. The van der Waals surface area contributed by atoms with Crippen LogP contribution in [0.1, 0.15) is 38.4 Å². The van der Waals surface area contributed by atoms with Gasteiger partial charge in [-0.15, -0.1) is 15.3 Å². The summed E-state index contributed by atoms with van der Waals surface area (Å²) < 4.78 is 26.4. The van der Waals surface area contributed by atoms with Crippen LogP contribution in [-0.4, -0.2) is 36.9 Å². The van der Waals surface area contributed by atoms with Gasteiger partial charge in [0.1, 0.15) is 11.9 Å². The second-order valence-electron chi connectivity index (χ2n) is 4.52. The number of hydrogen-bond acceptors (Lipinski definition) is 5. The van der Waals surface area contributed by atoms with Crippen LogP contribution in [0.5, 0.6) is 0 Å². The van der Waals surface area contributed by atoms with E-state index in [-0.39, 0.29) is 11.5 Å². The van der Waals surface area contributed by atoms with E-state index in [2.05, 4.69) is 20.6 Å². The quantitative estimate of drug-likeness (QED) is 0.813. The molecule has 0 aliphatic heterocycles. The highest BCUT2D eigenvalue weighted by molar-refractivity contribution is 5.76. The Hall–Kier alpha value is -2.32. The number of anilines is 1. The molecule has 0 fully saturated rings. The van der Waals surface area contributed by atoms with Crippen LogP contribution >= 0.6 is 0 Å². The van der Waals surface area contributed by atoms with Crippen LogP contribution in [0.4, 0.5) is 14.6 Å². The molecule has 0 amide bonds. The van der Waals surface area contributed by atoms with Crippen LogP contribution in [0.2, 0.25) is 0 Å². The van der Waals surface area contributed by atoms with Crippen molar-refractivity contribution < 1.29 is 18.7 Å². The van der Waals surface area contributed by atoms with Gasteiger partial charge in [0, 0.05) is 0 Å². The van der Waals surface area contributed by atoms with Crippen LogP contribution in [-0.2, 0) is 4.79 Å². The van der Waals surface area contributed by atoms with Gasteiger partial charge in [0.15, 0.2) is 5.65 Å². The van der Waals surface area contributed by atoms with Crippen LogP contribution in [0.3, 0.4) is 0 Å². The standard InChI is InChI=1S/C12H15F2N5O2/c1-2-3-4-7(12(20)21)15-8-5-6-9-16-17-11(10(13)14)19(9)18-8/h5-7,10H,2-4H2,1H3,(H,15,18)(H,20,21)/t7-/m0/s1. The topological polar surface area (TPSA) is 92.4 Å². The smallest absolute Gasteiger partial charge is 0.326 e. The Kier molecular flexibility index (Phi) is 4.61. The molecule has 0 aromatic carbocycles. The molecule has 2 aromatic rings. The Morgan fingerprint density at radius 1 is 1.43 bits per heavy atom. The molecule has 9 heteroatoms. The summed E-state index contributed by atoms with van der Waals surface area (Å²) in [6.07, 6.45) is -0.784. The van der Waals surface area contributed by atoms with Gasteiger partial charge < -0.3 is 10.4 Å². The van der Waals surface area contributed by atoms with Crippen molar-refractivity contribution >= 4 is 17.4 Å². The summed E-state index contributed by atoms with van der Waals surface area (Å²) in [6, 6.07) is 2.12. The van der Waals surface area contributed by atoms with Crippen molar-refractivity contribution in [1.29, 1.82) is 0 Å². The van der Waals surface area contributed by atoms with Gasteiger partial charge in [-0.2, -0.15) is 4.52 Å². The first-order chi connectivity index (χ1) is 10.0. The fourth-order valence-electron chi connectivity index (χ4n) is 1.86. The Morgan fingerprint density at radius 2 is 2.19 bits per heavy atom. The number of halogens is 2. The fourth-order valence-corrected chi connectivity index (χ4v) is 1.86. The van der Waals surface area contributed by atoms with Crippen LogP contribution < -0.4 is 5.32 Å². The van der Waals surface area contributed by atoms with Crippen LogP contribution in [0.15, 0.2) is 12.1 Å². The number of aliphatic carboxylic acids is 1. The lowest BCUT2D eigenvalue weighted by Crippen LogP contribution is -2.29. The van der Waals surface area contributed by atoms with E-state index >= 15 is 0 Å². The van der Waals surface area contributed by atoms with E-state index in [0.717, 1.165) is 17.4 Å². The zero-order chi connectivity index (χ0) is 15.4. The van der Waals surface area contributed by atoms with Gasteiger partial charge in [-0.05, 0) is 18.6 Å². The van der Waals surface area contributed by atoms with Gasteiger partial charge in [0.25, 0.3) is 6.43 Å². The zero-order valence-electron chi connectivity index (χ0n) is 11.3. The average Bonchev–Trinajstić information content (AvgIpc) is 2.86. The molecule has 0 aliphatic rings. The number of aromatic nitrogens is 4. The molecule has 0 spiro atoms. The molecule has 0 unspecified atom stereocenters. The van der Waals surface area contributed by atoms with E-state index in [1.165, 1.54) is 12.1 Å². The number of carboxylic acids is 1. The first-order valence-electron chi connectivity index (χ1n) is 6.52. The SMILES string of the molecule is CCCC[C@H](Nc1ccc2nnc(C(F)F)n2n1)C(=O)O. The van der Waals surface area contributed by atoms with Gasteiger partial charge in [-0.3, -0.25) is 0 Å². The van der Waals surface area contributed by atoms with Gasteiger partial charge in [-0.25, -0.2) is 13.6 Å². The molecule has 2 rings (SSSR count). The number of nitrogens with one attached hydrogen (secondary N) is 1. The fraction of sp³-hybridized carbons (Fsp3) is 0.500. The Balaban J connectivity index is 2.24. The molecule has 0 saturated carbocycles. The molecular formula is C12H15F2N5O2. The molecule has 1 atom stereocenters. The molecule has 0 saturated heterocycles. The minimum absolute atomic E-state index is 0.177. The summed E-state index contributed by atoms with van der Waals surface area (Å²) in [5.74, 6) is -1.40. The van der Waals surface area contributed by atoms with Gasteiger partial charge in [0.05, 0.1) is 0 Å². The molecule has 21 heavy (non-hydrogen) atoms. The molecule has 2 aromatic heterocycles. The average molecular weight is 299 g/mol. The van der Waals surface area contributed by atoms with Crippen molar-refractivity contribution in [2.75, 3.05) is 5.32 Å². The molecule has 0 aliphatic carbocycles. The monoisotopic (exact) mass is 299 g/mol. The predicted octanol–water partition coefficient (Wildman–Crippen LogP) is 2.12. The highest BCUT2D eigenvalue weighted by atomic mass is 19.3. The summed E-state index contributed by atoms with van der Waals surface area (Å²) in [4.78, 5) is 11.2. The summed E-state index contributed by atoms with van der Waals surface area (Å²) in [6.45, 7) is 1.95. The molecular weight excluding hydrogens is 284 g/mol.